The minimum absolute atomic E-state index is 0.0165. The summed E-state index contributed by atoms with van der Waals surface area (Å²) >= 11 is 0. The van der Waals surface area contributed by atoms with Crippen LogP contribution < -0.4 is 11.2 Å². The van der Waals surface area contributed by atoms with E-state index in [-0.39, 0.29) is 13.2 Å². The zero-order valence-electron chi connectivity index (χ0n) is 21.3. The SMILES string of the molecule is CCCCCCCCCCCCCCCCOCn1c(=O)c(F)cn([C@H]2C[C@H](O)[C@@H](CO)O2)c1=O. The Morgan fingerprint density at radius 1 is 0.971 bits per heavy atom. The van der Waals surface area contributed by atoms with Crippen LogP contribution in [0.4, 0.5) is 4.39 Å². The van der Waals surface area contributed by atoms with Crippen molar-refractivity contribution in [3.63, 3.8) is 0 Å². The molecular weight excluding hydrogens is 455 g/mol. The Kier molecular flexibility index (Phi) is 14.4. The Hall–Kier alpha value is -1.55. The van der Waals surface area contributed by atoms with Crippen LogP contribution in [-0.2, 0) is 16.2 Å². The number of hydrogen-bond donors (Lipinski definition) is 2. The van der Waals surface area contributed by atoms with Gasteiger partial charge in [-0.2, -0.15) is 4.39 Å². The molecule has 0 saturated carbocycles. The number of unbranched alkanes of at least 4 members (excludes halogenated alkanes) is 13. The van der Waals surface area contributed by atoms with Gasteiger partial charge in [-0.25, -0.2) is 9.36 Å². The van der Waals surface area contributed by atoms with Crippen LogP contribution in [0.3, 0.4) is 0 Å². The highest BCUT2D eigenvalue weighted by Gasteiger charge is 2.35. The van der Waals surface area contributed by atoms with Crippen LogP contribution in [0.5, 0.6) is 0 Å². The number of rotatable bonds is 19. The van der Waals surface area contributed by atoms with Gasteiger partial charge in [0.2, 0.25) is 5.82 Å². The summed E-state index contributed by atoms with van der Waals surface area (Å²) in [6.45, 7) is 1.87. The van der Waals surface area contributed by atoms with Gasteiger partial charge in [-0.15, -0.1) is 0 Å². The molecule has 1 aromatic rings. The Labute approximate surface area is 208 Å². The van der Waals surface area contributed by atoms with E-state index in [2.05, 4.69) is 6.92 Å². The summed E-state index contributed by atoms with van der Waals surface area (Å²) in [6, 6.07) is 0. The van der Waals surface area contributed by atoms with Gasteiger partial charge in [-0.1, -0.05) is 90.4 Å². The minimum atomic E-state index is -1.10. The Bertz CT molecular complexity index is 827. The number of ether oxygens (including phenoxy) is 2. The molecule has 0 aromatic carbocycles. The van der Waals surface area contributed by atoms with E-state index in [9.17, 15) is 24.2 Å². The molecule has 3 atom stereocenters. The van der Waals surface area contributed by atoms with Crippen LogP contribution in [0.2, 0.25) is 0 Å². The first-order chi connectivity index (χ1) is 17.0. The molecule has 1 saturated heterocycles. The lowest BCUT2D eigenvalue weighted by Crippen LogP contribution is -2.43. The van der Waals surface area contributed by atoms with Gasteiger partial charge in [-0.05, 0) is 6.42 Å². The average molecular weight is 501 g/mol. The predicted octanol–water partition coefficient (Wildman–Crippen LogP) is 4.25. The van der Waals surface area contributed by atoms with Crippen molar-refractivity contribution in [1.82, 2.24) is 9.13 Å². The lowest BCUT2D eigenvalue weighted by atomic mass is 10.0. The quantitative estimate of drug-likeness (QED) is 0.275. The zero-order valence-corrected chi connectivity index (χ0v) is 21.3. The first kappa shape index (κ1) is 29.7. The molecule has 1 aliphatic rings. The molecule has 0 amide bonds. The molecule has 0 aliphatic carbocycles. The van der Waals surface area contributed by atoms with E-state index in [4.69, 9.17) is 9.47 Å². The molecule has 2 heterocycles. The summed E-state index contributed by atoms with van der Waals surface area (Å²) < 4.78 is 26.7. The largest absolute Gasteiger partial charge is 0.394 e. The van der Waals surface area contributed by atoms with Crippen molar-refractivity contribution in [3.8, 4) is 0 Å². The highest BCUT2D eigenvalue weighted by Crippen LogP contribution is 2.27. The number of aliphatic hydroxyl groups is 2. The van der Waals surface area contributed by atoms with Gasteiger partial charge in [-0.3, -0.25) is 9.36 Å². The van der Waals surface area contributed by atoms with Crippen LogP contribution in [0, 0.1) is 5.82 Å². The maximum Gasteiger partial charge on any atom is 0.335 e. The van der Waals surface area contributed by atoms with E-state index >= 15 is 0 Å². The summed E-state index contributed by atoms with van der Waals surface area (Å²) in [6.07, 6.45) is 15.5. The van der Waals surface area contributed by atoms with Crippen molar-refractivity contribution in [3.05, 3.63) is 32.9 Å². The fraction of sp³-hybridized carbons (Fsp3) is 0.846. The van der Waals surface area contributed by atoms with Gasteiger partial charge in [0, 0.05) is 13.0 Å². The second-order valence-electron chi connectivity index (χ2n) is 9.65. The van der Waals surface area contributed by atoms with E-state index in [0.29, 0.717) is 11.2 Å². The minimum Gasteiger partial charge on any atom is -0.394 e. The van der Waals surface area contributed by atoms with Gasteiger partial charge in [0.15, 0.2) is 0 Å². The summed E-state index contributed by atoms with van der Waals surface area (Å²) in [7, 11) is 0. The molecule has 1 aliphatic heterocycles. The highest BCUT2D eigenvalue weighted by atomic mass is 19.1. The van der Waals surface area contributed by atoms with Gasteiger partial charge in [0.05, 0.1) is 18.9 Å². The Balaban J connectivity index is 1.59. The summed E-state index contributed by atoms with van der Waals surface area (Å²) in [5.41, 5.74) is -1.82. The molecule has 202 valence electrons. The first-order valence-corrected chi connectivity index (χ1v) is 13.5. The van der Waals surface area contributed by atoms with E-state index in [0.717, 1.165) is 30.0 Å². The van der Waals surface area contributed by atoms with Crippen LogP contribution in [0.1, 0.15) is 109 Å². The maximum atomic E-state index is 14.1. The number of halogens is 1. The lowest BCUT2D eigenvalue weighted by Gasteiger charge is -2.16. The average Bonchev–Trinajstić information content (AvgIpc) is 3.23. The fourth-order valence-corrected chi connectivity index (χ4v) is 4.51. The van der Waals surface area contributed by atoms with Crippen molar-refractivity contribution in [2.45, 2.75) is 128 Å². The van der Waals surface area contributed by atoms with Crippen LogP contribution in [0.15, 0.2) is 15.8 Å². The third kappa shape index (κ3) is 10.1. The van der Waals surface area contributed by atoms with E-state index in [1.54, 1.807) is 0 Å². The van der Waals surface area contributed by atoms with Gasteiger partial charge in [0.1, 0.15) is 19.1 Å². The zero-order chi connectivity index (χ0) is 25.5. The smallest absolute Gasteiger partial charge is 0.335 e. The molecule has 0 radical (unpaired) electrons. The summed E-state index contributed by atoms with van der Waals surface area (Å²) in [5.74, 6) is -1.10. The maximum absolute atomic E-state index is 14.1. The van der Waals surface area contributed by atoms with Crippen LogP contribution in [0.25, 0.3) is 0 Å². The molecule has 0 spiro atoms. The number of aliphatic hydroxyl groups excluding tert-OH is 2. The van der Waals surface area contributed by atoms with Crippen molar-refractivity contribution in [1.29, 1.82) is 0 Å². The first-order valence-electron chi connectivity index (χ1n) is 13.5. The van der Waals surface area contributed by atoms with Crippen LogP contribution in [-0.4, -0.2) is 44.8 Å². The molecule has 9 heteroatoms. The molecule has 1 fully saturated rings. The monoisotopic (exact) mass is 500 g/mol. The fourth-order valence-electron chi connectivity index (χ4n) is 4.51. The lowest BCUT2D eigenvalue weighted by molar-refractivity contribution is -0.0474. The topological polar surface area (TPSA) is 103 Å². The van der Waals surface area contributed by atoms with E-state index in [1.807, 2.05) is 0 Å². The molecular formula is C26H45FN2O6. The van der Waals surface area contributed by atoms with Crippen molar-refractivity contribution in [2.24, 2.45) is 0 Å². The number of nitrogens with zero attached hydrogens (tertiary/aromatic N) is 2. The number of hydrogen-bond acceptors (Lipinski definition) is 6. The normalized spacial score (nSPS) is 20.1. The van der Waals surface area contributed by atoms with Gasteiger partial charge < -0.3 is 19.7 Å². The third-order valence-corrected chi connectivity index (χ3v) is 6.71. The number of aromatic nitrogens is 2. The molecule has 2 rings (SSSR count). The summed E-state index contributed by atoms with van der Waals surface area (Å²) in [4.78, 5) is 24.8. The highest BCUT2D eigenvalue weighted by molar-refractivity contribution is 4.93. The second-order valence-corrected chi connectivity index (χ2v) is 9.65. The molecule has 2 N–H and O–H groups in total. The van der Waals surface area contributed by atoms with Gasteiger partial charge >= 0.3 is 5.69 Å². The molecule has 8 nitrogen and oxygen atoms in total. The molecule has 35 heavy (non-hydrogen) atoms. The van der Waals surface area contributed by atoms with E-state index in [1.165, 1.54) is 70.6 Å². The Morgan fingerprint density at radius 3 is 2.03 bits per heavy atom. The molecule has 0 bridgehead atoms. The Morgan fingerprint density at radius 2 is 1.51 bits per heavy atom. The van der Waals surface area contributed by atoms with Crippen LogP contribution >= 0.6 is 0 Å². The molecule has 1 aromatic heterocycles. The van der Waals surface area contributed by atoms with Crippen molar-refractivity contribution in [2.75, 3.05) is 13.2 Å². The molecule has 0 unspecified atom stereocenters. The van der Waals surface area contributed by atoms with Crippen molar-refractivity contribution < 1.29 is 24.1 Å². The van der Waals surface area contributed by atoms with Gasteiger partial charge in [0.25, 0.3) is 5.56 Å². The third-order valence-electron chi connectivity index (χ3n) is 6.71. The second kappa shape index (κ2) is 17.0. The predicted molar refractivity (Wildman–Crippen MR) is 133 cm³/mol. The van der Waals surface area contributed by atoms with E-state index < -0.39 is 42.1 Å². The summed E-state index contributed by atoms with van der Waals surface area (Å²) in [5, 5.41) is 19.1. The standard InChI is InChI=1S/C26H45FN2O6/c1-2-3-4-5-6-7-8-9-10-11-12-13-14-15-16-34-20-29-25(32)21(27)18-28(26(29)33)24-17-22(31)23(19-30)35-24/h18,22-24,30-31H,2-17,19-20H2,1H3/t22-,23+,24+/m0/s1. The van der Waals surface area contributed by atoms with Crippen molar-refractivity contribution >= 4 is 0 Å².